The number of likely N-dealkylation sites (tertiary alicyclic amines) is 1. The van der Waals surface area contributed by atoms with Crippen molar-refractivity contribution in [3.8, 4) is 6.07 Å². The first-order valence-corrected chi connectivity index (χ1v) is 10.6. The summed E-state index contributed by atoms with van der Waals surface area (Å²) in [6.45, 7) is 5.03. The van der Waals surface area contributed by atoms with Gasteiger partial charge in [-0.3, -0.25) is 4.79 Å². The van der Waals surface area contributed by atoms with Crippen LogP contribution in [0.2, 0.25) is 0 Å². The van der Waals surface area contributed by atoms with E-state index >= 15 is 0 Å². The number of hydrogen-bond acceptors (Lipinski definition) is 2. The fourth-order valence-corrected chi connectivity index (χ4v) is 4.53. The number of nitriles is 1. The Morgan fingerprint density at radius 2 is 1.90 bits per heavy atom. The Hall–Kier alpha value is -2.74. The highest BCUT2D eigenvalue weighted by molar-refractivity contribution is 5.98. The number of halogens is 2. The monoisotopic (exact) mass is 410 g/mol. The minimum atomic E-state index is -0.714. The first-order valence-electron chi connectivity index (χ1n) is 10.6. The van der Waals surface area contributed by atoms with Gasteiger partial charge in [-0.05, 0) is 74.3 Å². The minimum absolute atomic E-state index is 0.0112. The Morgan fingerprint density at radius 3 is 2.47 bits per heavy atom. The number of carbonyl (C=O) groups excluding carboxylic acids is 1. The van der Waals surface area contributed by atoms with E-state index < -0.39 is 17.0 Å². The van der Waals surface area contributed by atoms with Crippen molar-refractivity contribution in [3.63, 3.8) is 0 Å². The van der Waals surface area contributed by atoms with Gasteiger partial charge in [0.05, 0.1) is 11.5 Å². The lowest BCUT2D eigenvalue weighted by atomic mass is 9.75. The van der Waals surface area contributed by atoms with E-state index in [9.17, 15) is 18.8 Å². The molecule has 0 atom stereocenters. The molecule has 0 bridgehead atoms. The van der Waals surface area contributed by atoms with Gasteiger partial charge in [0.1, 0.15) is 11.6 Å². The summed E-state index contributed by atoms with van der Waals surface area (Å²) in [4.78, 5) is 15.1. The maximum atomic E-state index is 13.6. The molecule has 1 fully saturated rings. The molecule has 1 aromatic rings. The third-order valence-electron chi connectivity index (χ3n) is 6.23. The molecule has 2 aliphatic rings. The molecule has 0 N–H and O–H groups in total. The molecule has 0 spiro atoms. The van der Waals surface area contributed by atoms with Crippen LogP contribution in [0.5, 0.6) is 0 Å². The smallest absolute Gasteiger partial charge is 0.254 e. The molecule has 30 heavy (non-hydrogen) atoms. The van der Waals surface area contributed by atoms with E-state index in [0.717, 1.165) is 36.5 Å². The molecule has 0 saturated carbocycles. The van der Waals surface area contributed by atoms with E-state index in [-0.39, 0.29) is 12.3 Å². The summed E-state index contributed by atoms with van der Waals surface area (Å²) in [5, 5.41) is 9.82. The molecule has 158 valence electrons. The molecule has 1 amide bonds. The van der Waals surface area contributed by atoms with E-state index in [2.05, 4.69) is 19.1 Å². The highest BCUT2D eigenvalue weighted by Gasteiger charge is 2.37. The average Bonchev–Trinajstić information content (AvgIpc) is 2.74. The molecule has 1 saturated heterocycles. The van der Waals surface area contributed by atoms with Crippen molar-refractivity contribution >= 4 is 5.91 Å². The summed E-state index contributed by atoms with van der Waals surface area (Å²) >= 11 is 0. The molecular weight excluding hydrogens is 382 g/mol. The van der Waals surface area contributed by atoms with Gasteiger partial charge in [0.15, 0.2) is 0 Å². The third-order valence-corrected chi connectivity index (χ3v) is 6.23. The van der Waals surface area contributed by atoms with Gasteiger partial charge in [0.25, 0.3) is 5.91 Å². The highest BCUT2D eigenvalue weighted by atomic mass is 19.1. The highest BCUT2D eigenvalue weighted by Crippen LogP contribution is 2.36. The van der Waals surface area contributed by atoms with Crippen molar-refractivity contribution in [2.24, 2.45) is 5.41 Å². The fraction of sp³-hybridized carbons (Fsp3) is 0.440. The molecule has 3 nitrogen and oxygen atoms in total. The summed E-state index contributed by atoms with van der Waals surface area (Å²) in [5.74, 6) is -1.26. The largest absolute Gasteiger partial charge is 0.339 e. The molecule has 1 aromatic carbocycles. The lowest BCUT2D eigenvalue weighted by Gasteiger charge is -2.38. The zero-order chi connectivity index (χ0) is 21.7. The lowest BCUT2D eigenvalue weighted by molar-refractivity contribution is -0.128. The lowest BCUT2D eigenvalue weighted by Crippen LogP contribution is -2.44. The van der Waals surface area contributed by atoms with E-state index in [4.69, 9.17) is 0 Å². The zero-order valence-electron chi connectivity index (χ0n) is 17.7. The predicted molar refractivity (Wildman–Crippen MR) is 113 cm³/mol. The molecule has 1 heterocycles. The molecule has 1 aliphatic heterocycles. The molecular formula is C25H28F2N2O. The summed E-state index contributed by atoms with van der Waals surface area (Å²) < 4.78 is 27.1. The predicted octanol–water partition coefficient (Wildman–Crippen LogP) is 5.64. The van der Waals surface area contributed by atoms with Crippen molar-refractivity contribution in [3.05, 3.63) is 70.3 Å². The van der Waals surface area contributed by atoms with Crippen LogP contribution < -0.4 is 0 Å². The van der Waals surface area contributed by atoms with E-state index in [1.807, 2.05) is 24.0 Å². The van der Waals surface area contributed by atoms with Gasteiger partial charge in [-0.15, -0.1) is 0 Å². The van der Waals surface area contributed by atoms with E-state index in [1.54, 1.807) is 0 Å². The van der Waals surface area contributed by atoms with Gasteiger partial charge in [0, 0.05) is 24.7 Å². The third kappa shape index (κ3) is 4.70. The minimum Gasteiger partial charge on any atom is -0.339 e. The van der Waals surface area contributed by atoms with Crippen LogP contribution in [-0.2, 0) is 11.2 Å². The van der Waals surface area contributed by atoms with Crippen LogP contribution in [0.4, 0.5) is 8.78 Å². The maximum absolute atomic E-state index is 13.6. The summed E-state index contributed by atoms with van der Waals surface area (Å²) in [7, 11) is 0. The van der Waals surface area contributed by atoms with Crippen LogP contribution in [-0.4, -0.2) is 23.9 Å². The number of nitrogens with zero attached hydrogens (tertiary/aromatic N) is 2. The Kier molecular flexibility index (Phi) is 6.87. The van der Waals surface area contributed by atoms with Crippen LogP contribution in [0, 0.1) is 28.4 Å². The molecule has 0 aromatic heterocycles. The molecule has 3 rings (SSSR count). The van der Waals surface area contributed by atoms with Crippen LogP contribution in [0.1, 0.15) is 51.5 Å². The van der Waals surface area contributed by atoms with Crippen LogP contribution in [0.3, 0.4) is 0 Å². The van der Waals surface area contributed by atoms with Crippen molar-refractivity contribution in [2.45, 2.75) is 52.4 Å². The fourth-order valence-electron chi connectivity index (χ4n) is 4.53. The summed E-state index contributed by atoms with van der Waals surface area (Å²) in [6, 6.07) is 5.78. The van der Waals surface area contributed by atoms with Gasteiger partial charge in [0.2, 0.25) is 0 Å². The van der Waals surface area contributed by atoms with Gasteiger partial charge in [-0.2, -0.15) is 5.26 Å². The Bertz CT molecular complexity index is 924. The van der Waals surface area contributed by atoms with Gasteiger partial charge < -0.3 is 4.90 Å². The normalized spacial score (nSPS) is 19.0. The van der Waals surface area contributed by atoms with Crippen molar-refractivity contribution in [1.82, 2.24) is 4.90 Å². The van der Waals surface area contributed by atoms with Crippen molar-refractivity contribution in [1.29, 1.82) is 5.26 Å². The standard InChI is InChI=1S/C25H28F2N2O/c1-3-19(4-2)22-7-5-6-8-23(22)24(30)29-11-9-25(17-28,10-12-29)16-18-13-20(26)15-21(27)14-18/h3,6,8,13-15H,4-5,7,9-12,16H2,1-2H3/b19-3+. The number of carbonyl (C=O) groups is 1. The first kappa shape index (κ1) is 22.0. The number of amides is 1. The van der Waals surface area contributed by atoms with Crippen LogP contribution >= 0.6 is 0 Å². The molecule has 0 unspecified atom stereocenters. The van der Waals surface area contributed by atoms with Gasteiger partial charge in [-0.25, -0.2) is 8.78 Å². The van der Waals surface area contributed by atoms with E-state index in [0.29, 0.717) is 31.5 Å². The van der Waals surface area contributed by atoms with Crippen LogP contribution in [0.15, 0.2) is 53.1 Å². The molecule has 0 radical (unpaired) electrons. The second-order valence-electron chi connectivity index (χ2n) is 8.14. The molecule has 5 heteroatoms. The summed E-state index contributed by atoms with van der Waals surface area (Å²) in [6.07, 6.45) is 10.0. The Balaban J connectivity index is 1.75. The number of piperidine rings is 1. The van der Waals surface area contributed by atoms with Crippen LogP contribution in [0.25, 0.3) is 0 Å². The zero-order valence-corrected chi connectivity index (χ0v) is 17.7. The molecule has 1 aliphatic carbocycles. The first-order chi connectivity index (χ1) is 14.4. The quantitative estimate of drug-likeness (QED) is 0.630. The number of hydrogen-bond donors (Lipinski definition) is 0. The average molecular weight is 411 g/mol. The Morgan fingerprint density at radius 1 is 1.23 bits per heavy atom. The second kappa shape index (κ2) is 9.38. The number of rotatable bonds is 5. The van der Waals surface area contributed by atoms with Gasteiger partial charge >= 0.3 is 0 Å². The van der Waals surface area contributed by atoms with Gasteiger partial charge in [-0.1, -0.05) is 25.2 Å². The number of benzene rings is 1. The van der Waals surface area contributed by atoms with E-state index in [1.165, 1.54) is 17.7 Å². The second-order valence-corrected chi connectivity index (χ2v) is 8.14. The van der Waals surface area contributed by atoms with Crippen molar-refractivity contribution < 1.29 is 13.6 Å². The topological polar surface area (TPSA) is 44.1 Å². The summed E-state index contributed by atoms with van der Waals surface area (Å²) in [5.41, 5.74) is 2.86. The number of allylic oxidation sites excluding steroid dienone is 4. The Labute approximate surface area is 177 Å². The SMILES string of the molecule is C/C=C(\CC)C1=C(C(=O)N2CCC(C#N)(Cc3cc(F)cc(F)c3)CC2)C=CCC1. The maximum Gasteiger partial charge on any atom is 0.254 e. The van der Waals surface area contributed by atoms with Crippen molar-refractivity contribution in [2.75, 3.05) is 13.1 Å².